The number of hydrogen-bond donors (Lipinski definition) is 0. The van der Waals surface area contributed by atoms with Crippen LogP contribution in [0, 0.1) is 28.4 Å². The molecule has 0 N–H and O–H groups in total. The van der Waals surface area contributed by atoms with Crippen molar-refractivity contribution >= 4 is 34.2 Å². The Balaban J connectivity index is 1.46. The molecule has 2 aromatic heterocycles. The minimum atomic E-state index is -0.628. The van der Waals surface area contributed by atoms with E-state index < -0.39 is 10.9 Å². The smallest absolute Gasteiger partial charge is 0.338 e. The highest BCUT2D eigenvalue weighted by atomic mass is 16.6. The average molecular weight is 689 g/mol. The molecule has 5 aromatic rings. The van der Waals surface area contributed by atoms with Gasteiger partial charge in [-0.2, -0.15) is 10.4 Å². The van der Waals surface area contributed by atoms with Crippen LogP contribution in [0.5, 0.6) is 0 Å². The fourth-order valence-corrected chi connectivity index (χ4v) is 6.80. The van der Waals surface area contributed by atoms with Gasteiger partial charge in [-0.05, 0) is 81.5 Å². The van der Waals surface area contributed by atoms with Gasteiger partial charge in [0.2, 0.25) is 0 Å². The van der Waals surface area contributed by atoms with Gasteiger partial charge in [-0.15, -0.1) is 0 Å². The lowest BCUT2D eigenvalue weighted by Crippen LogP contribution is -2.31. The third-order valence-electron chi connectivity index (χ3n) is 9.57. The molecule has 0 saturated carbocycles. The normalized spacial score (nSPS) is 15.7. The van der Waals surface area contributed by atoms with E-state index in [4.69, 9.17) is 14.6 Å². The van der Waals surface area contributed by atoms with Gasteiger partial charge in [-0.1, -0.05) is 31.5 Å². The second-order valence-corrected chi connectivity index (χ2v) is 12.7. The first-order valence-corrected chi connectivity index (χ1v) is 17.2. The molecule has 1 fully saturated rings. The molecule has 0 spiro atoms. The number of carbonyl (C=O) groups is 2. The molecule has 3 aromatic carbocycles. The third-order valence-corrected chi connectivity index (χ3v) is 9.57. The van der Waals surface area contributed by atoms with E-state index in [-0.39, 0.29) is 48.2 Å². The molecule has 6 rings (SSSR count). The zero-order chi connectivity index (χ0) is 36.2. The summed E-state index contributed by atoms with van der Waals surface area (Å²) in [5.41, 5.74) is 4.08. The lowest BCUT2D eigenvalue weighted by atomic mass is 10.0. The minimum Gasteiger partial charge on any atom is -0.462 e. The molecular weight excluding hydrogens is 648 g/mol. The Kier molecular flexibility index (Phi) is 10.3. The second kappa shape index (κ2) is 15.0. The number of benzene rings is 3. The molecule has 12 nitrogen and oxygen atoms in total. The van der Waals surface area contributed by atoms with Gasteiger partial charge in [0.25, 0.3) is 11.6 Å². The molecule has 1 aliphatic heterocycles. The van der Waals surface area contributed by atoms with E-state index >= 15 is 0 Å². The first-order chi connectivity index (χ1) is 24.6. The van der Waals surface area contributed by atoms with Gasteiger partial charge in [-0.25, -0.2) is 9.48 Å². The van der Waals surface area contributed by atoms with Crippen LogP contribution in [0.2, 0.25) is 0 Å². The van der Waals surface area contributed by atoms with E-state index in [1.807, 2.05) is 35.0 Å². The fraction of sp³-hybridized carbons (Fsp3) is 0.333. The summed E-state index contributed by atoms with van der Waals surface area (Å²) in [5.74, 6) is -0.982. The number of aromatic nitrogens is 3. The molecule has 2 unspecified atom stereocenters. The van der Waals surface area contributed by atoms with Crippen LogP contribution in [0.4, 0.5) is 11.4 Å². The topological polar surface area (TPSA) is 146 Å². The lowest BCUT2D eigenvalue weighted by molar-refractivity contribution is -0.384. The zero-order valence-corrected chi connectivity index (χ0v) is 29.2. The molecule has 0 bridgehead atoms. The van der Waals surface area contributed by atoms with Crippen LogP contribution in [0.3, 0.4) is 0 Å². The van der Waals surface area contributed by atoms with Crippen LogP contribution in [0.15, 0.2) is 72.9 Å². The molecule has 3 heterocycles. The first-order valence-electron chi connectivity index (χ1n) is 17.2. The van der Waals surface area contributed by atoms with Crippen molar-refractivity contribution in [3.63, 3.8) is 0 Å². The van der Waals surface area contributed by atoms with Crippen molar-refractivity contribution in [2.24, 2.45) is 7.05 Å². The molecule has 1 saturated heterocycles. The van der Waals surface area contributed by atoms with Gasteiger partial charge in [-0.3, -0.25) is 14.9 Å². The van der Waals surface area contributed by atoms with Gasteiger partial charge in [0.15, 0.2) is 6.23 Å². The molecule has 51 heavy (non-hydrogen) atoms. The summed E-state index contributed by atoms with van der Waals surface area (Å²) in [5, 5.41) is 27.3. The number of hydrogen-bond acceptors (Lipinski definition) is 8. The number of esters is 1. The van der Waals surface area contributed by atoms with Crippen molar-refractivity contribution < 1.29 is 24.0 Å². The average Bonchev–Trinajstić information content (AvgIpc) is 3.70. The molecule has 12 heteroatoms. The molecule has 0 radical (unpaired) electrons. The van der Waals surface area contributed by atoms with Crippen LogP contribution in [0.1, 0.15) is 89.7 Å². The summed E-state index contributed by atoms with van der Waals surface area (Å²) in [4.78, 5) is 40.6. The van der Waals surface area contributed by atoms with E-state index in [2.05, 4.69) is 13.0 Å². The van der Waals surface area contributed by atoms with Gasteiger partial charge in [0.05, 0.1) is 58.7 Å². The Morgan fingerprint density at radius 3 is 2.65 bits per heavy atom. The Labute approximate surface area is 295 Å². The number of nitro benzene ring substituents is 1. The SMILES string of the molecule is CCCC1CCCC(n2ncc3ccc(N(Cc4ccccc4C#N)C(=O)c4cc(-c5cc([N+](=O)[O-])ccc5C(=O)OCC)n(C)c4C)cc32)O1. The quantitative estimate of drug-likeness (QED) is 0.0770. The van der Waals surface area contributed by atoms with Crippen molar-refractivity contribution in [3.05, 3.63) is 111 Å². The number of ether oxygens (including phenoxy) is 2. The standard InChI is InChI=1S/C39H40N6O6/c1-5-10-31-13-9-14-37(51-31)44-35-20-29(16-15-27(35)23-41-44)43(24-28-12-8-7-11-26(28)22-40)38(46)33-21-36(42(4)25(33)3)34-19-30(45(48)49)17-18-32(34)39(47)50-6-2/h7-8,11-12,15-21,23,31,37H,5-6,9-10,13-14,24H2,1-4H3. The summed E-state index contributed by atoms with van der Waals surface area (Å²) in [6, 6.07) is 20.7. The van der Waals surface area contributed by atoms with Crippen molar-refractivity contribution in [3.8, 4) is 17.3 Å². The van der Waals surface area contributed by atoms with E-state index in [0.717, 1.165) is 43.0 Å². The molecule has 1 amide bonds. The minimum absolute atomic E-state index is 0.0925. The number of anilines is 1. The summed E-state index contributed by atoms with van der Waals surface area (Å²) in [6.45, 7) is 5.83. The Morgan fingerprint density at radius 1 is 1.10 bits per heavy atom. The number of non-ortho nitro benzene ring substituents is 1. The predicted molar refractivity (Wildman–Crippen MR) is 192 cm³/mol. The summed E-state index contributed by atoms with van der Waals surface area (Å²) in [7, 11) is 1.74. The molecular formula is C39H40N6O6. The Bertz CT molecular complexity index is 2160. The third kappa shape index (κ3) is 6.98. The predicted octanol–water partition coefficient (Wildman–Crippen LogP) is 8.02. The van der Waals surface area contributed by atoms with Crippen molar-refractivity contribution in [2.75, 3.05) is 11.5 Å². The monoisotopic (exact) mass is 688 g/mol. The maximum Gasteiger partial charge on any atom is 0.338 e. The largest absolute Gasteiger partial charge is 0.462 e. The molecule has 262 valence electrons. The highest BCUT2D eigenvalue weighted by Crippen LogP contribution is 2.35. The van der Waals surface area contributed by atoms with E-state index in [1.54, 1.807) is 54.8 Å². The molecule has 0 aliphatic carbocycles. The van der Waals surface area contributed by atoms with Crippen molar-refractivity contribution in [1.29, 1.82) is 5.26 Å². The van der Waals surface area contributed by atoms with E-state index in [9.17, 15) is 25.0 Å². The van der Waals surface area contributed by atoms with Gasteiger partial charge in [0.1, 0.15) is 0 Å². The van der Waals surface area contributed by atoms with Crippen LogP contribution >= 0.6 is 0 Å². The molecule has 1 aliphatic rings. The highest BCUT2D eigenvalue weighted by molar-refractivity contribution is 6.09. The van der Waals surface area contributed by atoms with Gasteiger partial charge in [0, 0.05) is 47.2 Å². The van der Waals surface area contributed by atoms with Crippen LogP contribution in [0.25, 0.3) is 22.2 Å². The Morgan fingerprint density at radius 2 is 1.90 bits per heavy atom. The van der Waals surface area contributed by atoms with E-state index in [1.165, 1.54) is 18.2 Å². The molecule has 2 atom stereocenters. The number of fused-ring (bicyclic) bond motifs is 1. The zero-order valence-electron chi connectivity index (χ0n) is 29.2. The first kappa shape index (κ1) is 35.0. The summed E-state index contributed by atoms with van der Waals surface area (Å²) >= 11 is 0. The number of amides is 1. The summed E-state index contributed by atoms with van der Waals surface area (Å²) in [6.07, 6.45) is 6.64. The maximum atomic E-state index is 14.8. The number of nitriles is 1. The number of carbonyl (C=O) groups excluding carboxylic acids is 2. The second-order valence-electron chi connectivity index (χ2n) is 12.7. The highest BCUT2D eigenvalue weighted by Gasteiger charge is 2.29. The van der Waals surface area contributed by atoms with Crippen LogP contribution in [-0.2, 0) is 23.1 Å². The van der Waals surface area contributed by atoms with E-state index in [0.29, 0.717) is 33.8 Å². The van der Waals surface area contributed by atoms with Crippen LogP contribution in [-0.4, -0.2) is 43.9 Å². The fourth-order valence-electron chi connectivity index (χ4n) is 6.80. The van der Waals surface area contributed by atoms with Crippen LogP contribution < -0.4 is 4.90 Å². The van der Waals surface area contributed by atoms with Crippen molar-refractivity contribution in [1.82, 2.24) is 14.3 Å². The maximum absolute atomic E-state index is 14.8. The number of rotatable bonds is 11. The lowest BCUT2D eigenvalue weighted by Gasteiger charge is -2.30. The number of nitrogens with zero attached hydrogens (tertiary/aromatic N) is 6. The Hall–Kier alpha value is -5.80. The van der Waals surface area contributed by atoms with Gasteiger partial charge < -0.3 is 18.9 Å². The van der Waals surface area contributed by atoms with Crippen molar-refractivity contribution in [2.45, 2.75) is 71.8 Å². The summed E-state index contributed by atoms with van der Waals surface area (Å²) < 4.78 is 15.4. The van der Waals surface area contributed by atoms with Gasteiger partial charge >= 0.3 is 5.97 Å². The number of nitro groups is 1.